The molecular formula is C12H14N2O2. The van der Waals surface area contributed by atoms with Crippen molar-refractivity contribution < 1.29 is 9.53 Å². The summed E-state index contributed by atoms with van der Waals surface area (Å²) in [7, 11) is 1.66. The standard InChI is InChI=1S/C12H14N2O2/c1-16-9-2-3-10-8(6-9)4-5-12(10)11(15)13-7-14-12/h2-3,6,14H,4-5,7H2,1H3,(H,13,15). The van der Waals surface area contributed by atoms with Gasteiger partial charge in [0.25, 0.3) is 0 Å². The fraction of sp³-hybridized carbons (Fsp3) is 0.417. The molecule has 1 aromatic rings. The maximum atomic E-state index is 11.9. The molecule has 1 fully saturated rings. The van der Waals surface area contributed by atoms with Gasteiger partial charge in [0.2, 0.25) is 5.91 Å². The molecule has 0 bridgehead atoms. The number of benzene rings is 1. The van der Waals surface area contributed by atoms with E-state index in [-0.39, 0.29) is 5.91 Å². The summed E-state index contributed by atoms with van der Waals surface area (Å²) >= 11 is 0. The average molecular weight is 218 g/mol. The van der Waals surface area contributed by atoms with Gasteiger partial charge in [-0.25, -0.2) is 0 Å². The predicted octanol–water partition coefficient (Wildman–Crippen LogP) is 0.514. The minimum absolute atomic E-state index is 0.0939. The molecule has 1 saturated heterocycles. The smallest absolute Gasteiger partial charge is 0.245 e. The fourth-order valence-electron chi connectivity index (χ4n) is 2.70. The van der Waals surface area contributed by atoms with Crippen molar-refractivity contribution in [1.82, 2.24) is 10.6 Å². The molecular weight excluding hydrogens is 204 g/mol. The summed E-state index contributed by atoms with van der Waals surface area (Å²) in [6, 6.07) is 5.94. The maximum Gasteiger partial charge on any atom is 0.245 e. The minimum atomic E-state index is -0.485. The van der Waals surface area contributed by atoms with Crippen LogP contribution in [0.5, 0.6) is 5.75 Å². The molecule has 84 valence electrons. The molecule has 4 heteroatoms. The van der Waals surface area contributed by atoms with Crippen LogP contribution in [0.15, 0.2) is 18.2 Å². The van der Waals surface area contributed by atoms with E-state index in [9.17, 15) is 4.79 Å². The van der Waals surface area contributed by atoms with Crippen LogP contribution in [0.1, 0.15) is 17.5 Å². The van der Waals surface area contributed by atoms with Crippen LogP contribution in [0.2, 0.25) is 0 Å². The SMILES string of the molecule is COc1ccc2c(c1)CCC21NCNC1=O. The van der Waals surface area contributed by atoms with Crippen molar-refractivity contribution in [2.24, 2.45) is 0 Å². The molecule has 1 amide bonds. The first kappa shape index (κ1) is 9.66. The monoisotopic (exact) mass is 218 g/mol. The molecule has 16 heavy (non-hydrogen) atoms. The number of ether oxygens (including phenoxy) is 1. The van der Waals surface area contributed by atoms with Crippen molar-refractivity contribution in [1.29, 1.82) is 0 Å². The lowest BCUT2D eigenvalue weighted by atomic mass is 9.92. The number of carbonyl (C=O) groups excluding carboxylic acids is 1. The molecule has 4 nitrogen and oxygen atoms in total. The van der Waals surface area contributed by atoms with Crippen LogP contribution in [-0.4, -0.2) is 19.7 Å². The molecule has 1 atom stereocenters. The molecule has 1 aliphatic carbocycles. The molecule has 0 saturated carbocycles. The van der Waals surface area contributed by atoms with Gasteiger partial charge < -0.3 is 10.1 Å². The zero-order valence-electron chi connectivity index (χ0n) is 9.17. The fourth-order valence-corrected chi connectivity index (χ4v) is 2.70. The van der Waals surface area contributed by atoms with Gasteiger partial charge >= 0.3 is 0 Å². The number of hydrogen-bond acceptors (Lipinski definition) is 3. The zero-order chi connectivity index (χ0) is 11.2. The van der Waals surface area contributed by atoms with Crippen LogP contribution in [0.25, 0.3) is 0 Å². The van der Waals surface area contributed by atoms with Crippen LogP contribution < -0.4 is 15.4 Å². The topological polar surface area (TPSA) is 50.4 Å². The van der Waals surface area contributed by atoms with E-state index in [0.29, 0.717) is 6.67 Å². The van der Waals surface area contributed by atoms with E-state index < -0.39 is 5.54 Å². The Bertz CT molecular complexity index is 458. The van der Waals surface area contributed by atoms with E-state index in [4.69, 9.17) is 4.74 Å². The van der Waals surface area contributed by atoms with Gasteiger partial charge in [0.15, 0.2) is 0 Å². The predicted molar refractivity (Wildman–Crippen MR) is 59.1 cm³/mol. The summed E-state index contributed by atoms with van der Waals surface area (Å²) in [5, 5.41) is 6.11. The lowest BCUT2D eigenvalue weighted by Gasteiger charge is -2.21. The van der Waals surface area contributed by atoms with Crippen LogP contribution >= 0.6 is 0 Å². The Balaban J connectivity index is 2.09. The van der Waals surface area contributed by atoms with Crippen LogP contribution in [0, 0.1) is 0 Å². The lowest BCUT2D eigenvalue weighted by molar-refractivity contribution is -0.124. The van der Waals surface area contributed by atoms with Gasteiger partial charge in [0.1, 0.15) is 11.3 Å². The maximum absolute atomic E-state index is 11.9. The van der Waals surface area contributed by atoms with Gasteiger partial charge in [-0.05, 0) is 36.1 Å². The van der Waals surface area contributed by atoms with Gasteiger partial charge in [-0.3, -0.25) is 10.1 Å². The molecule has 1 unspecified atom stereocenters. The Morgan fingerprint density at radius 2 is 2.31 bits per heavy atom. The third-order valence-corrected chi connectivity index (χ3v) is 3.57. The number of hydrogen-bond donors (Lipinski definition) is 2. The van der Waals surface area contributed by atoms with Crippen molar-refractivity contribution in [3.63, 3.8) is 0 Å². The third-order valence-electron chi connectivity index (χ3n) is 3.57. The van der Waals surface area contributed by atoms with Gasteiger partial charge in [0.05, 0.1) is 13.8 Å². The molecule has 1 spiro atoms. The number of nitrogens with one attached hydrogen (secondary N) is 2. The van der Waals surface area contributed by atoms with Gasteiger partial charge in [-0.1, -0.05) is 6.07 Å². The highest BCUT2D eigenvalue weighted by Gasteiger charge is 2.47. The van der Waals surface area contributed by atoms with Crippen LogP contribution in [0.3, 0.4) is 0 Å². The van der Waals surface area contributed by atoms with Crippen LogP contribution in [0.4, 0.5) is 0 Å². The first-order chi connectivity index (χ1) is 7.76. The molecule has 0 radical (unpaired) electrons. The first-order valence-electron chi connectivity index (χ1n) is 5.47. The normalized spacial score (nSPS) is 26.9. The second-order valence-corrected chi connectivity index (χ2v) is 4.29. The Hall–Kier alpha value is -1.55. The highest BCUT2D eigenvalue weighted by atomic mass is 16.5. The number of methoxy groups -OCH3 is 1. The van der Waals surface area contributed by atoms with E-state index >= 15 is 0 Å². The largest absolute Gasteiger partial charge is 0.497 e. The molecule has 1 aromatic carbocycles. The van der Waals surface area contributed by atoms with Gasteiger partial charge in [-0.15, -0.1) is 0 Å². The average Bonchev–Trinajstić information content (AvgIpc) is 2.86. The van der Waals surface area contributed by atoms with E-state index in [1.165, 1.54) is 5.56 Å². The summed E-state index contributed by atoms with van der Waals surface area (Å²) in [6.07, 6.45) is 1.76. The second kappa shape index (κ2) is 3.22. The minimum Gasteiger partial charge on any atom is -0.497 e. The Kier molecular flexibility index (Phi) is 1.94. The highest BCUT2D eigenvalue weighted by Crippen LogP contribution is 2.39. The summed E-state index contributed by atoms with van der Waals surface area (Å²) in [4.78, 5) is 11.9. The first-order valence-corrected chi connectivity index (χ1v) is 5.47. The van der Waals surface area contributed by atoms with Crippen molar-refractivity contribution >= 4 is 5.91 Å². The Morgan fingerprint density at radius 3 is 3.00 bits per heavy atom. The molecule has 1 aliphatic heterocycles. The number of amides is 1. The summed E-state index contributed by atoms with van der Waals surface area (Å²) in [5.41, 5.74) is 1.83. The number of fused-ring (bicyclic) bond motifs is 2. The van der Waals surface area contributed by atoms with E-state index in [2.05, 4.69) is 10.6 Å². The Morgan fingerprint density at radius 1 is 1.44 bits per heavy atom. The Labute approximate surface area is 94.0 Å². The van der Waals surface area contributed by atoms with E-state index in [1.54, 1.807) is 7.11 Å². The van der Waals surface area contributed by atoms with Gasteiger partial charge in [0, 0.05) is 0 Å². The zero-order valence-corrected chi connectivity index (χ0v) is 9.17. The van der Waals surface area contributed by atoms with Crippen molar-refractivity contribution in [2.45, 2.75) is 18.4 Å². The van der Waals surface area contributed by atoms with Crippen molar-refractivity contribution in [3.05, 3.63) is 29.3 Å². The molecule has 0 aromatic heterocycles. The van der Waals surface area contributed by atoms with E-state index in [1.807, 2.05) is 18.2 Å². The molecule has 3 rings (SSSR count). The summed E-state index contributed by atoms with van der Waals surface area (Å²) < 4.78 is 5.20. The lowest BCUT2D eigenvalue weighted by Crippen LogP contribution is -2.41. The van der Waals surface area contributed by atoms with E-state index in [0.717, 1.165) is 24.2 Å². The van der Waals surface area contributed by atoms with Crippen molar-refractivity contribution in [3.8, 4) is 5.75 Å². The van der Waals surface area contributed by atoms with Gasteiger partial charge in [-0.2, -0.15) is 0 Å². The molecule has 1 heterocycles. The number of rotatable bonds is 1. The summed E-state index contributed by atoms with van der Waals surface area (Å²) in [6.45, 7) is 0.560. The highest BCUT2D eigenvalue weighted by molar-refractivity contribution is 5.90. The second-order valence-electron chi connectivity index (χ2n) is 4.29. The number of carbonyl (C=O) groups is 1. The number of aryl methyl sites for hydroxylation is 1. The summed E-state index contributed by atoms with van der Waals surface area (Å²) in [5.74, 6) is 0.950. The molecule has 2 N–H and O–H groups in total. The third kappa shape index (κ3) is 1.10. The quantitative estimate of drug-likeness (QED) is 0.722. The van der Waals surface area contributed by atoms with Crippen molar-refractivity contribution in [2.75, 3.05) is 13.8 Å². The van der Waals surface area contributed by atoms with Crippen LogP contribution in [-0.2, 0) is 16.8 Å². The molecule has 2 aliphatic rings.